The number of phenolic OH excluding ortho intramolecular Hbond substituents is 2. The Kier molecular flexibility index (Phi) is 5.65. The van der Waals surface area contributed by atoms with Crippen LogP contribution in [0.1, 0.15) is 0 Å². The molecule has 0 heterocycles. The van der Waals surface area contributed by atoms with Crippen molar-refractivity contribution in [3.8, 4) is 11.5 Å². The zero-order chi connectivity index (χ0) is 7.98. The van der Waals surface area contributed by atoms with Crippen molar-refractivity contribution < 1.29 is 10.2 Å². The van der Waals surface area contributed by atoms with E-state index in [0.717, 1.165) is 0 Å². The fourth-order valence-corrected chi connectivity index (χ4v) is 0.464. The molecule has 54 valence electrons. The van der Waals surface area contributed by atoms with Crippen LogP contribution in [0.3, 0.4) is 0 Å². The number of hydrogen-bond acceptors (Lipinski definition) is 2. The van der Waals surface area contributed by atoms with Crippen LogP contribution in [-0.4, -0.2) is 32.1 Å². The summed E-state index contributed by atoms with van der Waals surface area (Å²) in [6.45, 7) is 0. The normalized spacial score (nSPS) is 7.80. The summed E-state index contributed by atoms with van der Waals surface area (Å²) >= 11 is 1.22. The summed E-state index contributed by atoms with van der Waals surface area (Å²) in [5.74, 6) is -0.153. The van der Waals surface area contributed by atoms with Crippen molar-refractivity contribution in [2.75, 3.05) is 0 Å². The maximum atomic E-state index is 8.67. The second-order valence-corrected chi connectivity index (χ2v) is 1.49. The summed E-state index contributed by atoms with van der Waals surface area (Å²) in [4.78, 5) is 0. The summed E-state index contributed by atoms with van der Waals surface area (Å²) in [5.41, 5.74) is 0. The van der Waals surface area contributed by atoms with E-state index in [1.807, 2.05) is 0 Å². The van der Waals surface area contributed by atoms with Gasteiger partial charge in [-0.15, -0.1) is 0 Å². The first-order valence-electron chi connectivity index (χ1n) is 2.44. The molecule has 0 bridgehead atoms. The van der Waals surface area contributed by atoms with Crippen LogP contribution in [0.15, 0.2) is 24.3 Å². The molecule has 2 radical (unpaired) electrons. The monoisotopic (exact) mass is 266 g/mol. The van der Waals surface area contributed by atoms with E-state index in [2.05, 4.69) is 8.83 Å². The van der Waals surface area contributed by atoms with Crippen molar-refractivity contribution in [1.29, 1.82) is 0 Å². The fourth-order valence-electron chi connectivity index (χ4n) is 0.464. The molecule has 1 rings (SSSR count). The Morgan fingerprint density at radius 3 is 1.50 bits per heavy atom. The molecule has 0 aliphatic heterocycles. The molecule has 2 nitrogen and oxygen atoms in total. The summed E-state index contributed by atoms with van der Waals surface area (Å²) in [6, 6.07) is 6.15. The third kappa shape index (κ3) is 3.19. The SMILES string of the molecule is Oc1ccccc1O.[Cl][Sb]. The van der Waals surface area contributed by atoms with E-state index in [-0.39, 0.29) is 11.5 Å². The molecule has 10 heavy (non-hydrogen) atoms. The molecule has 1 aromatic rings. The minimum absolute atomic E-state index is 0.0764. The average Bonchev–Trinajstić information content (AvgIpc) is 2.00. The Hall–Kier alpha value is -0.0718. The molecule has 0 unspecified atom stereocenters. The van der Waals surface area contributed by atoms with E-state index in [0.29, 0.717) is 0 Å². The average molecular weight is 267 g/mol. The molecule has 0 spiro atoms. The number of hydrogen-bond donors (Lipinski definition) is 2. The van der Waals surface area contributed by atoms with Crippen molar-refractivity contribution in [2.45, 2.75) is 0 Å². The molecule has 0 saturated heterocycles. The first-order valence-corrected chi connectivity index (χ1v) is 5.68. The van der Waals surface area contributed by atoms with E-state index in [1.54, 1.807) is 12.1 Å². The number of aromatic hydroxyl groups is 2. The van der Waals surface area contributed by atoms with Crippen LogP contribution in [0.5, 0.6) is 11.5 Å². The van der Waals surface area contributed by atoms with Gasteiger partial charge in [-0.05, 0) is 12.1 Å². The fraction of sp³-hybridized carbons (Fsp3) is 0. The third-order valence-electron chi connectivity index (χ3n) is 0.882. The van der Waals surface area contributed by atoms with Crippen molar-refractivity contribution >= 4 is 30.7 Å². The molecule has 2 N–H and O–H groups in total. The van der Waals surface area contributed by atoms with Crippen LogP contribution < -0.4 is 0 Å². The van der Waals surface area contributed by atoms with Crippen molar-refractivity contribution in [2.24, 2.45) is 0 Å². The number of rotatable bonds is 0. The quantitative estimate of drug-likeness (QED) is 0.551. The van der Waals surface area contributed by atoms with E-state index in [4.69, 9.17) is 10.2 Å². The Labute approximate surface area is 76.6 Å². The number of para-hydroxylation sites is 2. The van der Waals surface area contributed by atoms with Gasteiger partial charge in [0.05, 0.1) is 0 Å². The van der Waals surface area contributed by atoms with Gasteiger partial charge in [-0.3, -0.25) is 0 Å². The molecule has 0 saturated carbocycles. The van der Waals surface area contributed by atoms with E-state index >= 15 is 0 Å². The van der Waals surface area contributed by atoms with Crippen molar-refractivity contribution in [1.82, 2.24) is 0 Å². The Morgan fingerprint density at radius 1 is 1.00 bits per heavy atom. The molecule has 0 amide bonds. The summed E-state index contributed by atoms with van der Waals surface area (Å²) in [7, 11) is 4.69. The van der Waals surface area contributed by atoms with Gasteiger partial charge in [0.25, 0.3) is 0 Å². The molecular formula is C6H6ClO2Sb. The first kappa shape index (κ1) is 9.93. The third-order valence-corrected chi connectivity index (χ3v) is 0.882. The molecular weight excluding hydrogens is 261 g/mol. The van der Waals surface area contributed by atoms with Gasteiger partial charge in [0.2, 0.25) is 0 Å². The van der Waals surface area contributed by atoms with Crippen LogP contribution in [0.4, 0.5) is 0 Å². The predicted octanol–water partition coefficient (Wildman–Crippen LogP) is 1.41. The second kappa shape index (κ2) is 5.69. The van der Waals surface area contributed by atoms with Crippen LogP contribution in [0.2, 0.25) is 0 Å². The van der Waals surface area contributed by atoms with Crippen LogP contribution in [0, 0.1) is 0 Å². The number of phenols is 2. The standard InChI is InChI=1S/C6H6O2.ClH.Sb/c7-5-3-1-2-4-6(5)8;;/h1-4,7-8H;1H;/q;;+1/p-1. The Morgan fingerprint density at radius 2 is 1.30 bits per heavy atom. The minimum atomic E-state index is -0.0764. The zero-order valence-electron chi connectivity index (χ0n) is 5.03. The molecule has 4 heteroatoms. The van der Waals surface area contributed by atoms with Crippen LogP contribution >= 0.6 is 8.83 Å². The van der Waals surface area contributed by atoms with Gasteiger partial charge in [0.15, 0.2) is 11.5 Å². The van der Waals surface area contributed by atoms with E-state index in [9.17, 15) is 0 Å². The van der Waals surface area contributed by atoms with Gasteiger partial charge in [0.1, 0.15) is 0 Å². The molecule has 0 fully saturated rings. The molecule has 1 aromatic carbocycles. The van der Waals surface area contributed by atoms with Gasteiger partial charge in [-0.1, -0.05) is 12.1 Å². The van der Waals surface area contributed by atoms with Crippen molar-refractivity contribution in [3.63, 3.8) is 0 Å². The van der Waals surface area contributed by atoms with Crippen molar-refractivity contribution in [3.05, 3.63) is 24.3 Å². The van der Waals surface area contributed by atoms with Gasteiger partial charge >= 0.3 is 30.7 Å². The number of halogens is 1. The molecule has 0 aliphatic rings. The Balaban J connectivity index is 0.000000371. The summed E-state index contributed by atoms with van der Waals surface area (Å²) in [6.07, 6.45) is 0. The molecule has 0 aliphatic carbocycles. The number of benzene rings is 1. The zero-order valence-corrected chi connectivity index (χ0v) is 8.34. The first-order chi connectivity index (χ1) is 4.80. The Bertz CT molecular complexity index is 172. The van der Waals surface area contributed by atoms with Gasteiger partial charge in [0, 0.05) is 0 Å². The van der Waals surface area contributed by atoms with Gasteiger partial charge < -0.3 is 10.2 Å². The van der Waals surface area contributed by atoms with Crippen LogP contribution in [0.25, 0.3) is 0 Å². The summed E-state index contributed by atoms with van der Waals surface area (Å²) < 4.78 is 0. The van der Waals surface area contributed by atoms with Gasteiger partial charge in [-0.2, -0.15) is 0 Å². The second-order valence-electron chi connectivity index (χ2n) is 1.49. The topological polar surface area (TPSA) is 40.5 Å². The van der Waals surface area contributed by atoms with E-state index in [1.165, 1.54) is 34.0 Å². The molecule has 0 aromatic heterocycles. The summed E-state index contributed by atoms with van der Waals surface area (Å²) in [5, 5.41) is 17.3. The van der Waals surface area contributed by atoms with Gasteiger partial charge in [-0.25, -0.2) is 0 Å². The van der Waals surface area contributed by atoms with Crippen LogP contribution in [-0.2, 0) is 0 Å². The molecule has 0 atom stereocenters. The van der Waals surface area contributed by atoms with E-state index < -0.39 is 0 Å². The predicted molar refractivity (Wildman–Crippen MR) is 41.4 cm³/mol. The maximum absolute atomic E-state index is 8.67.